The van der Waals surface area contributed by atoms with E-state index >= 15 is 0 Å². The molecule has 3 aromatic carbocycles. The predicted octanol–water partition coefficient (Wildman–Crippen LogP) is 4.09. The zero-order chi connectivity index (χ0) is 19.7. The first-order valence-electron chi connectivity index (χ1n) is 8.75. The number of nitrogens with zero attached hydrogens (tertiary/aromatic N) is 1. The molecule has 4 heteroatoms. The predicted molar refractivity (Wildman–Crippen MR) is 106 cm³/mol. The average Bonchev–Trinajstić information content (AvgIpc) is 2.97. The topological polar surface area (TPSA) is 54.5 Å². The molecule has 0 unspecified atom stereocenters. The van der Waals surface area contributed by atoms with Crippen LogP contribution in [0.15, 0.2) is 72.8 Å². The van der Waals surface area contributed by atoms with Gasteiger partial charge in [0, 0.05) is 16.7 Å². The molecule has 0 spiro atoms. The molecule has 3 aromatic rings. The summed E-state index contributed by atoms with van der Waals surface area (Å²) in [5.74, 6) is 5.24. The van der Waals surface area contributed by atoms with Gasteiger partial charge in [0.25, 0.3) is 11.8 Å². The van der Waals surface area contributed by atoms with Crippen LogP contribution in [-0.2, 0) is 0 Å². The molecule has 0 N–H and O–H groups in total. The third kappa shape index (κ3) is 3.10. The average molecular weight is 365 g/mol. The highest BCUT2D eigenvalue weighted by molar-refractivity contribution is 6.34. The van der Waals surface area contributed by atoms with E-state index in [4.69, 9.17) is 0 Å². The van der Waals surface area contributed by atoms with Crippen LogP contribution in [0.25, 0.3) is 0 Å². The fourth-order valence-corrected chi connectivity index (χ4v) is 3.06. The third-order valence-corrected chi connectivity index (χ3v) is 4.54. The van der Waals surface area contributed by atoms with Gasteiger partial charge in [0.2, 0.25) is 0 Å². The van der Waals surface area contributed by atoms with E-state index in [0.29, 0.717) is 27.9 Å². The molecule has 4 rings (SSSR count). The highest BCUT2D eigenvalue weighted by Gasteiger charge is 2.36. The molecular formula is C24H15NO3. The van der Waals surface area contributed by atoms with Crippen molar-refractivity contribution in [2.45, 2.75) is 6.92 Å². The van der Waals surface area contributed by atoms with Crippen molar-refractivity contribution in [3.8, 4) is 11.8 Å². The maximum Gasteiger partial charge on any atom is 0.266 e. The number of rotatable bonds is 2. The molecule has 1 aliphatic heterocycles. The molecule has 4 nitrogen and oxygen atoms in total. The van der Waals surface area contributed by atoms with Gasteiger partial charge in [-0.1, -0.05) is 30.0 Å². The Morgan fingerprint density at radius 1 is 0.750 bits per heavy atom. The zero-order valence-electron chi connectivity index (χ0n) is 15.1. The summed E-state index contributed by atoms with van der Waals surface area (Å²) in [5.41, 5.74) is 3.19. The summed E-state index contributed by atoms with van der Waals surface area (Å²) in [7, 11) is 0. The Bertz CT molecular complexity index is 1170. The highest BCUT2D eigenvalue weighted by Crippen LogP contribution is 2.29. The van der Waals surface area contributed by atoms with Crippen LogP contribution in [0.2, 0.25) is 0 Å². The Morgan fingerprint density at radius 3 is 2.07 bits per heavy atom. The Hall–Kier alpha value is -3.97. The van der Waals surface area contributed by atoms with Crippen molar-refractivity contribution in [1.29, 1.82) is 0 Å². The monoisotopic (exact) mass is 365 g/mol. The maximum atomic E-state index is 12.8. The Morgan fingerprint density at radius 2 is 1.39 bits per heavy atom. The van der Waals surface area contributed by atoms with Crippen molar-refractivity contribution in [3.05, 3.63) is 101 Å². The van der Waals surface area contributed by atoms with E-state index in [1.807, 2.05) is 30.3 Å². The molecule has 0 bridgehead atoms. The minimum absolute atomic E-state index is 0.0736. The van der Waals surface area contributed by atoms with Crippen LogP contribution < -0.4 is 4.90 Å². The fourth-order valence-electron chi connectivity index (χ4n) is 3.06. The summed E-state index contributed by atoms with van der Waals surface area (Å²) in [5, 5.41) is 0. The molecule has 28 heavy (non-hydrogen) atoms. The number of imide groups is 1. The first kappa shape index (κ1) is 17.4. The number of amides is 2. The van der Waals surface area contributed by atoms with E-state index < -0.39 is 0 Å². The summed E-state index contributed by atoms with van der Waals surface area (Å²) in [6.45, 7) is 1.47. The molecule has 1 heterocycles. The van der Waals surface area contributed by atoms with Crippen molar-refractivity contribution >= 4 is 23.3 Å². The molecular weight excluding hydrogens is 350 g/mol. The number of carbonyl (C=O) groups excluding carboxylic acids is 3. The minimum atomic E-state index is -0.390. The molecule has 0 aliphatic carbocycles. The number of carbonyl (C=O) groups is 3. The number of anilines is 1. The summed E-state index contributed by atoms with van der Waals surface area (Å²) < 4.78 is 0. The summed E-state index contributed by atoms with van der Waals surface area (Å²) >= 11 is 0. The first-order chi connectivity index (χ1) is 13.5. The lowest BCUT2D eigenvalue weighted by molar-refractivity contribution is 0.0925. The number of benzene rings is 3. The van der Waals surface area contributed by atoms with Gasteiger partial charge in [0.15, 0.2) is 5.78 Å². The molecule has 134 valence electrons. The number of hydrogen-bond acceptors (Lipinski definition) is 3. The van der Waals surface area contributed by atoms with E-state index in [0.717, 1.165) is 10.5 Å². The quantitative estimate of drug-likeness (QED) is 0.390. The highest BCUT2D eigenvalue weighted by atomic mass is 16.2. The van der Waals surface area contributed by atoms with Gasteiger partial charge >= 0.3 is 0 Å². The molecule has 2 amide bonds. The van der Waals surface area contributed by atoms with E-state index in [1.165, 1.54) is 6.92 Å². The lowest BCUT2D eigenvalue weighted by Crippen LogP contribution is -2.29. The Kier molecular flexibility index (Phi) is 4.35. The lowest BCUT2D eigenvalue weighted by atomic mass is 10.1. The second-order valence-electron chi connectivity index (χ2n) is 6.43. The van der Waals surface area contributed by atoms with Crippen LogP contribution in [0.3, 0.4) is 0 Å². The van der Waals surface area contributed by atoms with Gasteiger partial charge in [-0.25, -0.2) is 4.90 Å². The SMILES string of the molecule is CC(=O)c1ccc(N2C(=O)c3ccc(C#Cc4ccccc4)cc3C2=O)cc1. The van der Waals surface area contributed by atoms with E-state index in [1.54, 1.807) is 42.5 Å². The number of ketones is 1. The number of hydrogen-bond donors (Lipinski definition) is 0. The van der Waals surface area contributed by atoms with E-state index in [2.05, 4.69) is 11.8 Å². The maximum absolute atomic E-state index is 12.8. The third-order valence-electron chi connectivity index (χ3n) is 4.54. The second kappa shape index (κ2) is 6.98. The Balaban J connectivity index is 1.66. The number of Topliss-reactive ketones (excluding diaryl/α,β-unsaturated/α-hetero) is 1. The van der Waals surface area contributed by atoms with Crippen LogP contribution in [-0.4, -0.2) is 17.6 Å². The van der Waals surface area contributed by atoms with Gasteiger partial charge in [-0.05, 0) is 61.5 Å². The van der Waals surface area contributed by atoms with Gasteiger partial charge in [-0.15, -0.1) is 0 Å². The van der Waals surface area contributed by atoms with Crippen LogP contribution in [0.4, 0.5) is 5.69 Å². The first-order valence-corrected chi connectivity index (χ1v) is 8.75. The van der Waals surface area contributed by atoms with Gasteiger partial charge in [0.1, 0.15) is 0 Å². The normalized spacial score (nSPS) is 12.4. The van der Waals surface area contributed by atoms with Crippen LogP contribution in [0.1, 0.15) is 49.1 Å². The fraction of sp³-hybridized carbons (Fsp3) is 0.0417. The van der Waals surface area contributed by atoms with E-state index in [-0.39, 0.29) is 17.6 Å². The lowest BCUT2D eigenvalue weighted by Gasteiger charge is -2.13. The van der Waals surface area contributed by atoms with Crippen LogP contribution >= 0.6 is 0 Å². The molecule has 0 fully saturated rings. The zero-order valence-corrected chi connectivity index (χ0v) is 15.1. The molecule has 0 atom stereocenters. The summed E-state index contributed by atoms with van der Waals surface area (Å²) in [6.07, 6.45) is 0. The molecule has 0 saturated heterocycles. The van der Waals surface area contributed by atoms with Crippen molar-refractivity contribution in [3.63, 3.8) is 0 Å². The van der Waals surface area contributed by atoms with Gasteiger partial charge in [0.05, 0.1) is 16.8 Å². The van der Waals surface area contributed by atoms with Gasteiger partial charge in [-0.3, -0.25) is 14.4 Å². The van der Waals surface area contributed by atoms with Crippen molar-refractivity contribution < 1.29 is 14.4 Å². The molecule has 0 aromatic heterocycles. The van der Waals surface area contributed by atoms with Crippen LogP contribution in [0.5, 0.6) is 0 Å². The van der Waals surface area contributed by atoms with E-state index in [9.17, 15) is 14.4 Å². The standard InChI is InChI=1S/C24H15NO3/c1-16(26)19-10-12-20(13-11-19)25-23(27)21-14-9-18(15-22(21)24(25)28)8-7-17-5-3-2-4-6-17/h2-6,9-15H,1H3. The van der Waals surface area contributed by atoms with Crippen LogP contribution in [0, 0.1) is 11.8 Å². The number of fused-ring (bicyclic) bond motifs is 1. The van der Waals surface area contributed by atoms with Crippen molar-refractivity contribution in [2.24, 2.45) is 0 Å². The summed E-state index contributed by atoms with van der Waals surface area (Å²) in [6, 6.07) is 21.0. The van der Waals surface area contributed by atoms with Gasteiger partial charge < -0.3 is 0 Å². The summed E-state index contributed by atoms with van der Waals surface area (Å²) in [4.78, 5) is 38.1. The van der Waals surface area contributed by atoms with Gasteiger partial charge in [-0.2, -0.15) is 0 Å². The molecule has 0 saturated carbocycles. The molecule has 1 aliphatic rings. The van der Waals surface area contributed by atoms with Crippen molar-refractivity contribution in [1.82, 2.24) is 0 Å². The Labute approximate surface area is 162 Å². The largest absolute Gasteiger partial charge is 0.295 e. The van der Waals surface area contributed by atoms with Crippen molar-refractivity contribution in [2.75, 3.05) is 4.90 Å². The smallest absolute Gasteiger partial charge is 0.266 e. The minimum Gasteiger partial charge on any atom is -0.295 e. The molecule has 0 radical (unpaired) electrons. The second-order valence-corrected chi connectivity index (χ2v) is 6.43.